The van der Waals surface area contributed by atoms with Gasteiger partial charge >= 0.3 is 0 Å². The zero-order valence-corrected chi connectivity index (χ0v) is 11.1. The maximum absolute atomic E-state index is 6.21. The molecule has 2 heterocycles. The Morgan fingerprint density at radius 2 is 2.00 bits per heavy atom. The van der Waals surface area contributed by atoms with Gasteiger partial charge in [-0.2, -0.15) is 0 Å². The van der Waals surface area contributed by atoms with Gasteiger partial charge in [0.25, 0.3) is 0 Å². The van der Waals surface area contributed by atoms with Gasteiger partial charge < -0.3 is 10.3 Å². The zero-order chi connectivity index (χ0) is 13.2. The van der Waals surface area contributed by atoms with Crippen molar-refractivity contribution in [3.63, 3.8) is 0 Å². The second kappa shape index (κ2) is 5.11. The normalized spacial score (nSPS) is 18.8. The summed E-state index contributed by atoms with van der Waals surface area (Å²) in [5.41, 5.74) is 7.48. The zero-order valence-electron chi connectivity index (χ0n) is 11.1. The highest BCUT2D eigenvalue weighted by atomic mass is 15.3. The molecular formula is C14H19N5. The predicted molar refractivity (Wildman–Crippen MR) is 73.3 cm³/mol. The highest BCUT2D eigenvalue weighted by Crippen LogP contribution is 2.26. The highest BCUT2D eigenvalue weighted by Gasteiger charge is 2.28. The molecule has 1 aromatic carbocycles. The Morgan fingerprint density at radius 1 is 1.21 bits per heavy atom. The van der Waals surface area contributed by atoms with E-state index in [2.05, 4.69) is 50.9 Å². The minimum atomic E-state index is 0.0804. The van der Waals surface area contributed by atoms with E-state index in [1.807, 2.05) is 6.07 Å². The largest absolute Gasteiger partial charge is 0.326 e. The molecule has 0 saturated carbocycles. The second-order valence-corrected chi connectivity index (χ2v) is 5.13. The van der Waals surface area contributed by atoms with Gasteiger partial charge in [0.05, 0.1) is 12.6 Å². The molecule has 5 nitrogen and oxygen atoms in total. The van der Waals surface area contributed by atoms with Crippen LogP contribution in [0.5, 0.6) is 0 Å². The molecule has 1 aromatic heterocycles. The van der Waals surface area contributed by atoms with E-state index in [4.69, 9.17) is 5.73 Å². The summed E-state index contributed by atoms with van der Waals surface area (Å²) in [6.07, 6.45) is 1.80. The quantitative estimate of drug-likeness (QED) is 0.897. The number of nitrogens with two attached hydrogens (primary N) is 1. The van der Waals surface area contributed by atoms with Gasteiger partial charge in [-0.25, -0.2) is 0 Å². The van der Waals surface area contributed by atoms with Gasteiger partial charge in [0.1, 0.15) is 12.2 Å². The predicted octanol–water partition coefficient (Wildman–Crippen LogP) is 1.18. The minimum Gasteiger partial charge on any atom is -0.326 e. The van der Waals surface area contributed by atoms with Crippen molar-refractivity contribution in [1.29, 1.82) is 0 Å². The van der Waals surface area contributed by atoms with Crippen molar-refractivity contribution in [2.45, 2.75) is 32.1 Å². The van der Waals surface area contributed by atoms with E-state index in [9.17, 15) is 0 Å². The molecule has 2 unspecified atom stereocenters. The first-order valence-electron chi connectivity index (χ1n) is 6.67. The van der Waals surface area contributed by atoms with Crippen molar-refractivity contribution >= 4 is 0 Å². The van der Waals surface area contributed by atoms with Crippen molar-refractivity contribution in [3.8, 4) is 0 Å². The molecule has 2 aromatic rings. The number of aromatic nitrogens is 3. The van der Waals surface area contributed by atoms with Crippen LogP contribution >= 0.6 is 0 Å². The average Bonchev–Trinajstić information content (AvgIpc) is 2.87. The maximum Gasteiger partial charge on any atom is 0.147 e. The summed E-state index contributed by atoms with van der Waals surface area (Å²) in [6.45, 7) is 4.78. The van der Waals surface area contributed by atoms with Gasteiger partial charge in [-0.15, -0.1) is 10.2 Å². The molecule has 0 spiro atoms. The molecule has 1 aliphatic rings. The van der Waals surface area contributed by atoms with E-state index in [0.717, 1.165) is 25.5 Å². The fraction of sp³-hybridized carbons (Fsp3) is 0.429. The minimum absolute atomic E-state index is 0.0804. The van der Waals surface area contributed by atoms with Crippen LogP contribution < -0.4 is 5.73 Å². The number of nitrogens with zero attached hydrogens (tertiary/aromatic N) is 4. The number of hydrogen-bond donors (Lipinski definition) is 1. The Bertz CT molecular complexity index is 534. The summed E-state index contributed by atoms with van der Waals surface area (Å²) in [6, 6.07) is 10.8. The fourth-order valence-electron chi connectivity index (χ4n) is 2.82. The molecule has 0 aliphatic carbocycles. The summed E-state index contributed by atoms with van der Waals surface area (Å²) in [4.78, 5) is 2.39. The van der Waals surface area contributed by atoms with E-state index < -0.39 is 0 Å². The average molecular weight is 257 g/mol. The molecule has 2 atom stereocenters. The number of fused-ring (bicyclic) bond motifs is 1. The molecule has 0 bridgehead atoms. The second-order valence-electron chi connectivity index (χ2n) is 5.13. The standard InChI is InChI=1S/C14H19N5/c1-11(15)14(12-5-3-2-4-6-12)18-7-8-19-10-16-17-13(19)9-18/h2-6,10-11,14H,7-9,15H2,1H3. The summed E-state index contributed by atoms with van der Waals surface area (Å²) in [5.74, 6) is 1.02. The van der Waals surface area contributed by atoms with Gasteiger partial charge in [-0.05, 0) is 12.5 Å². The third-order valence-electron chi connectivity index (χ3n) is 3.70. The van der Waals surface area contributed by atoms with Crippen LogP contribution in [0.15, 0.2) is 36.7 Å². The molecule has 1 aliphatic heterocycles. The van der Waals surface area contributed by atoms with Crippen LogP contribution in [0, 0.1) is 0 Å². The monoisotopic (exact) mass is 257 g/mol. The van der Waals surface area contributed by atoms with Gasteiger partial charge in [-0.1, -0.05) is 30.3 Å². The first-order chi connectivity index (χ1) is 9.25. The molecule has 100 valence electrons. The maximum atomic E-state index is 6.21. The lowest BCUT2D eigenvalue weighted by Gasteiger charge is -2.36. The van der Waals surface area contributed by atoms with E-state index in [-0.39, 0.29) is 12.1 Å². The van der Waals surface area contributed by atoms with Gasteiger partial charge in [0, 0.05) is 19.1 Å². The lowest BCUT2D eigenvalue weighted by atomic mass is 9.98. The third kappa shape index (κ3) is 2.39. The number of rotatable bonds is 3. The lowest BCUT2D eigenvalue weighted by Crippen LogP contribution is -2.43. The molecule has 2 N–H and O–H groups in total. The van der Waals surface area contributed by atoms with Gasteiger partial charge in [-0.3, -0.25) is 4.90 Å². The molecule has 3 rings (SSSR count). The fourth-order valence-corrected chi connectivity index (χ4v) is 2.82. The van der Waals surface area contributed by atoms with Crippen LogP contribution in [0.25, 0.3) is 0 Å². The number of benzene rings is 1. The topological polar surface area (TPSA) is 60.0 Å². The van der Waals surface area contributed by atoms with Crippen molar-refractivity contribution in [2.75, 3.05) is 6.54 Å². The summed E-state index contributed by atoms with van der Waals surface area (Å²) in [7, 11) is 0. The van der Waals surface area contributed by atoms with Crippen LogP contribution in [0.4, 0.5) is 0 Å². The van der Waals surface area contributed by atoms with E-state index >= 15 is 0 Å². The molecule has 0 radical (unpaired) electrons. The third-order valence-corrected chi connectivity index (χ3v) is 3.70. The van der Waals surface area contributed by atoms with Crippen molar-refractivity contribution in [3.05, 3.63) is 48.0 Å². The van der Waals surface area contributed by atoms with Gasteiger partial charge in [0.15, 0.2) is 0 Å². The molecule has 0 amide bonds. The highest BCUT2D eigenvalue weighted by molar-refractivity contribution is 5.21. The molecule has 19 heavy (non-hydrogen) atoms. The van der Waals surface area contributed by atoms with E-state index in [1.54, 1.807) is 6.33 Å². The molecular weight excluding hydrogens is 238 g/mol. The SMILES string of the molecule is CC(N)C(c1ccccc1)N1CCn2cnnc2C1. The Hall–Kier alpha value is -1.72. The summed E-state index contributed by atoms with van der Waals surface area (Å²) < 4.78 is 2.11. The Kier molecular flexibility index (Phi) is 3.31. The Morgan fingerprint density at radius 3 is 2.74 bits per heavy atom. The lowest BCUT2D eigenvalue weighted by molar-refractivity contribution is 0.136. The van der Waals surface area contributed by atoms with Crippen LogP contribution in [-0.4, -0.2) is 32.3 Å². The summed E-state index contributed by atoms with van der Waals surface area (Å²) in [5, 5.41) is 8.14. The molecule has 0 saturated heterocycles. The first-order valence-corrected chi connectivity index (χ1v) is 6.67. The number of hydrogen-bond acceptors (Lipinski definition) is 4. The molecule has 5 heteroatoms. The first kappa shape index (κ1) is 12.3. The van der Waals surface area contributed by atoms with Crippen LogP contribution in [0.3, 0.4) is 0 Å². The van der Waals surface area contributed by atoms with Crippen molar-refractivity contribution < 1.29 is 0 Å². The van der Waals surface area contributed by atoms with E-state index in [1.165, 1.54) is 5.56 Å². The molecule has 0 fully saturated rings. The van der Waals surface area contributed by atoms with Crippen LogP contribution in [0.1, 0.15) is 24.4 Å². The Balaban J connectivity index is 1.87. The smallest absolute Gasteiger partial charge is 0.147 e. The van der Waals surface area contributed by atoms with Crippen molar-refractivity contribution in [1.82, 2.24) is 19.7 Å². The van der Waals surface area contributed by atoms with E-state index in [0.29, 0.717) is 0 Å². The summed E-state index contributed by atoms with van der Waals surface area (Å²) >= 11 is 0. The van der Waals surface area contributed by atoms with Gasteiger partial charge in [0.2, 0.25) is 0 Å². The van der Waals surface area contributed by atoms with Crippen LogP contribution in [-0.2, 0) is 13.1 Å². The van der Waals surface area contributed by atoms with Crippen molar-refractivity contribution in [2.24, 2.45) is 5.73 Å². The Labute approximate surface area is 113 Å². The van der Waals surface area contributed by atoms with Crippen LogP contribution in [0.2, 0.25) is 0 Å².